The van der Waals surface area contributed by atoms with Crippen molar-refractivity contribution in [3.05, 3.63) is 54.7 Å². The Labute approximate surface area is 182 Å². The third kappa shape index (κ3) is 3.47. The molecule has 0 aliphatic rings. The summed E-state index contributed by atoms with van der Waals surface area (Å²) in [5.74, 6) is -0.0888. The lowest BCUT2D eigenvalue weighted by atomic mass is 9.95. The number of fused-ring (bicyclic) bond motifs is 2. The molecule has 0 aliphatic carbocycles. The van der Waals surface area contributed by atoms with Gasteiger partial charge >= 0.3 is 0 Å². The molecule has 4 aromatic heterocycles. The first kappa shape index (κ1) is 19.8. The molecule has 3 N–H and O–H groups in total. The van der Waals surface area contributed by atoms with Crippen LogP contribution in [0.5, 0.6) is 0 Å². The van der Waals surface area contributed by atoms with Crippen LogP contribution >= 0.6 is 0 Å². The molecule has 5 rings (SSSR count). The van der Waals surface area contributed by atoms with E-state index in [9.17, 15) is 9.18 Å². The zero-order chi connectivity index (χ0) is 22.5. The Hall–Kier alpha value is -4.14. The van der Waals surface area contributed by atoms with E-state index in [0.29, 0.717) is 39.4 Å². The van der Waals surface area contributed by atoms with Crippen LogP contribution in [0.15, 0.2) is 48.9 Å². The number of carbonyl (C=O) groups excluding carboxylic acids is 1. The predicted molar refractivity (Wildman–Crippen MR) is 120 cm³/mol. The van der Waals surface area contributed by atoms with Crippen LogP contribution in [0.25, 0.3) is 44.7 Å². The van der Waals surface area contributed by atoms with Crippen LogP contribution in [0.3, 0.4) is 0 Å². The van der Waals surface area contributed by atoms with Gasteiger partial charge < -0.3 is 10.3 Å². The SMILES string of the molecule is CC(C)(C)C(=O)Nc1cncc(-c2cc(F)c3n[nH]c(-c4nc5ncccc5[nH]4)c3c2)c1. The number of aromatic nitrogens is 6. The van der Waals surface area contributed by atoms with Crippen molar-refractivity contribution in [3.8, 4) is 22.6 Å². The van der Waals surface area contributed by atoms with Gasteiger partial charge in [0.05, 0.1) is 17.4 Å². The van der Waals surface area contributed by atoms with E-state index < -0.39 is 11.2 Å². The van der Waals surface area contributed by atoms with Crippen molar-refractivity contribution < 1.29 is 9.18 Å². The number of halogens is 1. The molecule has 9 heteroatoms. The lowest BCUT2D eigenvalue weighted by molar-refractivity contribution is -0.123. The van der Waals surface area contributed by atoms with Crippen LogP contribution < -0.4 is 5.32 Å². The molecule has 0 aliphatic heterocycles. The second-order valence-corrected chi connectivity index (χ2v) is 8.58. The maximum Gasteiger partial charge on any atom is 0.229 e. The number of benzene rings is 1. The summed E-state index contributed by atoms with van der Waals surface area (Å²) >= 11 is 0. The number of nitrogens with zero attached hydrogens (tertiary/aromatic N) is 4. The average molecular weight is 429 g/mol. The van der Waals surface area contributed by atoms with Crippen LogP contribution in [0.1, 0.15) is 20.8 Å². The summed E-state index contributed by atoms with van der Waals surface area (Å²) in [6.07, 6.45) is 4.85. The zero-order valence-electron chi connectivity index (χ0n) is 17.7. The normalized spacial score (nSPS) is 11.9. The standard InChI is InChI=1S/C23H20FN7O/c1-23(2,3)22(32)27-14-7-13(10-25-11-14)12-8-15-18(16(24)9-12)30-31-19(15)21-28-17-5-4-6-26-20(17)29-21/h4-11H,1-3H3,(H,27,32)(H,30,31)(H,26,28,29). The van der Waals surface area contributed by atoms with Gasteiger partial charge in [-0.3, -0.25) is 14.9 Å². The van der Waals surface area contributed by atoms with Crippen LogP contribution in [0, 0.1) is 11.2 Å². The maximum atomic E-state index is 14.9. The van der Waals surface area contributed by atoms with Crippen molar-refractivity contribution in [1.82, 2.24) is 30.1 Å². The third-order valence-corrected chi connectivity index (χ3v) is 5.12. The topological polar surface area (TPSA) is 112 Å². The quantitative estimate of drug-likeness (QED) is 0.385. The highest BCUT2D eigenvalue weighted by Gasteiger charge is 2.22. The molecule has 0 saturated carbocycles. The molecule has 8 nitrogen and oxygen atoms in total. The average Bonchev–Trinajstić information content (AvgIpc) is 3.37. The van der Waals surface area contributed by atoms with Crippen molar-refractivity contribution in [1.29, 1.82) is 0 Å². The number of carbonyl (C=O) groups is 1. The van der Waals surface area contributed by atoms with Gasteiger partial charge in [-0.15, -0.1) is 0 Å². The molecule has 4 heterocycles. The molecule has 1 aromatic carbocycles. The first-order valence-electron chi connectivity index (χ1n) is 10.1. The van der Waals surface area contributed by atoms with Gasteiger partial charge in [0, 0.05) is 28.8 Å². The summed E-state index contributed by atoms with van der Waals surface area (Å²) in [7, 11) is 0. The molecule has 0 spiro atoms. The second kappa shape index (κ2) is 7.23. The Balaban J connectivity index is 1.58. The number of imidazole rings is 1. The molecule has 32 heavy (non-hydrogen) atoms. The van der Waals surface area contributed by atoms with E-state index in [1.807, 2.05) is 39.0 Å². The number of aromatic amines is 2. The van der Waals surface area contributed by atoms with Crippen molar-refractivity contribution in [2.24, 2.45) is 5.41 Å². The number of H-pyrrole nitrogens is 2. The molecule has 1 amide bonds. The van der Waals surface area contributed by atoms with Gasteiger partial charge in [0.2, 0.25) is 5.91 Å². The van der Waals surface area contributed by atoms with Crippen LogP contribution in [-0.4, -0.2) is 36.0 Å². The molecule has 5 aromatic rings. The minimum absolute atomic E-state index is 0.131. The third-order valence-electron chi connectivity index (χ3n) is 5.12. The number of pyridine rings is 2. The molecule has 0 saturated heterocycles. The van der Waals surface area contributed by atoms with Crippen LogP contribution in [0.2, 0.25) is 0 Å². The molecular formula is C23H20FN7O. The molecule has 0 radical (unpaired) electrons. The molecular weight excluding hydrogens is 409 g/mol. The van der Waals surface area contributed by atoms with Crippen LogP contribution in [0.4, 0.5) is 10.1 Å². The van der Waals surface area contributed by atoms with E-state index in [-0.39, 0.29) is 11.4 Å². The molecule has 160 valence electrons. The molecule has 0 unspecified atom stereocenters. The second-order valence-electron chi connectivity index (χ2n) is 8.58. The minimum atomic E-state index is -0.547. The Kier molecular flexibility index (Phi) is 4.47. The monoisotopic (exact) mass is 429 g/mol. The lowest BCUT2D eigenvalue weighted by Gasteiger charge is -2.17. The van der Waals surface area contributed by atoms with Crippen molar-refractivity contribution in [3.63, 3.8) is 0 Å². The molecule has 0 fully saturated rings. The smallest absolute Gasteiger partial charge is 0.229 e. The van der Waals surface area contributed by atoms with E-state index in [4.69, 9.17) is 0 Å². The Morgan fingerprint density at radius 1 is 1.12 bits per heavy atom. The zero-order valence-corrected chi connectivity index (χ0v) is 17.7. The largest absolute Gasteiger partial charge is 0.335 e. The number of hydrogen-bond acceptors (Lipinski definition) is 5. The van der Waals surface area contributed by atoms with E-state index >= 15 is 0 Å². The van der Waals surface area contributed by atoms with Gasteiger partial charge in [-0.05, 0) is 35.9 Å². The number of nitrogens with one attached hydrogen (secondary N) is 3. The highest BCUT2D eigenvalue weighted by molar-refractivity contribution is 5.97. The van der Waals surface area contributed by atoms with Crippen molar-refractivity contribution in [2.75, 3.05) is 5.32 Å². The van der Waals surface area contributed by atoms with Gasteiger partial charge in [0.1, 0.15) is 11.2 Å². The fourth-order valence-corrected chi connectivity index (χ4v) is 3.37. The number of rotatable bonds is 3. The Bertz CT molecular complexity index is 1450. The highest BCUT2D eigenvalue weighted by atomic mass is 19.1. The lowest BCUT2D eigenvalue weighted by Crippen LogP contribution is -2.27. The van der Waals surface area contributed by atoms with E-state index in [1.165, 1.54) is 6.07 Å². The van der Waals surface area contributed by atoms with Gasteiger partial charge in [-0.25, -0.2) is 14.4 Å². The first-order chi connectivity index (χ1) is 15.3. The van der Waals surface area contributed by atoms with E-state index in [1.54, 1.807) is 24.7 Å². The predicted octanol–water partition coefficient (Wildman–Crippen LogP) is 4.69. The first-order valence-corrected chi connectivity index (χ1v) is 10.1. The summed E-state index contributed by atoms with van der Waals surface area (Å²) in [6.45, 7) is 5.49. The molecule has 0 bridgehead atoms. The van der Waals surface area contributed by atoms with Gasteiger partial charge in [-0.1, -0.05) is 20.8 Å². The van der Waals surface area contributed by atoms with E-state index in [2.05, 4.69) is 35.5 Å². The van der Waals surface area contributed by atoms with E-state index in [0.717, 1.165) is 5.52 Å². The van der Waals surface area contributed by atoms with Crippen LogP contribution in [-0.2, 0) is 4.79 Å². The summed E-state index contributed by atoms with van der Waals surface area (Å²) < 4.78 is 14.9. The Morgan fingerprint density at radius 2 is 1.97 bits per heavy atom. The Morgan fingerprint density at radius 3 is 2.75 bits per heavy atom. The summed E-state index contributed by atoms with van der Waals surface area (Å²) in [5.41, 5.74) is 3.36. The van der Waals surface area contributed by atoms with Crippen molar-refractivity contribution >= 4 is 33.7 Å². The fraction of sp³-hybridized carbons (Fsp3) is 0.174. The highest BCUT2D eigenvalue weighted by Crippen LogP contribution is 2.32. The summed E-state index contributed by atoms with van der Waals surface area (Å²) in [6, 6.07) is 8.67. The number of hydrogen-bond donors (Lipinski definition) is 3. The van der Waals surface area contributed by atoms with Gasteiger partial charge in [0.15, 0.2) is 17.3 Å². The summed E-state index contributed by atoms with van der Waals surface area (Å²) in [4.78, 5) is 28.4. The summed E-state index contributed by atoms with van der Waals surface area (Å²) in [5, 5.41) is 10.4. The number of amides is 1. The molecule has 0 atom stereocenters. The van der Waals surface area contributed by atoms with Gasteiger partial charge in [0.25, 0.3) is 0 Å². The van der Waals surface area contributed by atoms with Crippen molar-refractivity contribution in [2.45, 2.75) is 20.8 Å². The number of anilines is 1. The van der Waals surface area contributed by atoms with Gasteiger partial charge in [-0.2, -0.15) is 5.10 Å². The minimum Gasteiger partial charge on any atom is -0.335 e. The fourth-order valence-electron chi connectivity index (χ4n) is 3.37. The maximum absolute atomic E-state index is 14.9.